The third-order valence-corrected chi connectivity index (χ3v) is 5.16. The number of benzene rings is 2. The molecule has 8 heteroatoms. The minimum Gasteiger partial charge on any atom is -0.350 e. The number of aryl methyl sites for hydroxylation is 1. The van der Waals surface area contributed by atoms with E-state index in [1.807, 2.05) is 67.1 Å². The maximum absolute atomic E-state index is 12.4. The van der Waals surface area contributed by atoms with E-state index in [0.717, 1.165) is 16.5 Å². The van der Waals surface area contributed by atoms with Crippen LogP contribution in [-0.2, 0) is 16.6 Å². The number of rotatable bonds is 5. The fourth-order valence-electron chi connectivity index (χ4n) is 3.38. The van der Waals surface area contributed by atoms with Crippen molar-refractivity contribution in [3.63, 3.8) is 0 Å². The molecule has 0 aliphatic carbocycles. The highest BCUT2D eigenvalue weighted by Crippen LogP contribution is 2.28. The zero-order valence-electron chi connectivity index (χ0n) is 16.9. The Morgan fingerprint density at radius 2 is 1.93 bits per heavy atom. The first-order valence-corrected chi connectivity index (χ1v) is 9.68. The normalized spacial score (nSPS) is 11.9. The lowest BCUT2D eigenvalue weighted by Gasteiger charge is -2.24. The molecular formula is C22H22ClN5O2. The van der Waals surface area contributed by atoms with E-state index in [9.17, 15) is 9.59 Å². The number of hydrogen-bond acceptors (Lipinski definition) is 4. The second kappa shape index (κ2) is 8.99. The van der Waals surface area contributed by atoms with Gasteiger partial charge in [0.2, 0.25) is 0 Å². The topological polar surface area (TPSA) is 90.2 Å². The Labute approximate surface area is 179 Å². The molecule has 1 atom stereocenters. The lowest BCUT2D eigenvalue weighted by molar-refractivity contribution is -0.136. The van der Waals surface area contributed by atoms with Crippen LogP contribution in [0.2, 0.25) is 5.02 Å². The van der Waals surface area contributed by atoms with Crippen LogP contribution in [0.1, 0.15) is 17.2 Å². The minimum absolute atomic E-state index is 0.131. The van der Waals surface area contributed by atoms with Crippen LogP contribution in [-0.4, -0.2) is 41.9 Å². The van der Waals surface area contributed by atoms with Gasteiger partial charge in [0.05, 0.1) is 17.3 Å². The van der Waals surface area contributed by atoms with Crippen molar-refractivity contribution in [1.82, 2.24) is 14.8 Å². The molecule has 0 saturated carbocycles. The monoisotopic (exact) mass is 423 g/mol. The number of fused-ring (bicyclic) bond motifs is 1. The van der Waals surface area contributed by atoms with Crippen molar-refractivity contribution in [3.05, 3.63) is 64.8 Å². The number of amides is 2. The average molecular weight is 424 g/mol. The van der Waals surface area contributed by atoms with Gasteiger partial charge < -0.3 is 20.1 Å². The fraction of sp³-hybridized carbons (Fsp3) is 0.227. The van der Waals surface area contributed by atoms with Gasteiger partial charge in [-0.15, -0.1) is 0 Å². The lowest BCUT2D eigenvalue weighted by atomic mass is 10.0. The predicted octanol–water partition coefficient (Wildman–Crippen LogP) is 3.06. The molecule has 2 N–H and O–H groups in total. The lowest BCUT2D eigenvalue weighted by Crippen LogP contribution is -2.40. The first kappa shape index (κ1) is 21.4. The van der Waals surface area contributed by atoms with Crippen LogP contribution in [0.3, 0.4) is 0 Å². The second-order valence-electron chi connectivity index (χ2n) is 7.16. The van der Waals surface area contributed by atoms with Crippen molar-refractivity contribution in [1.29, 1.82) is 5.26 Å². The van der Waals surface area contributed by atoms with E-state index in [1.54, 1.807) is 6.07 Å². The third-order valence-electron chi connectivity index (χ3n) is 4.92. The summed E-state index contributed by atoms with van der Waals surface area (Å²) in [6.07, 6.45) is 2.03. The molecule has 0 spiro atoms. The van der Waals surface area contributed by atoms with Crippen LogP contribution >= 0.6 is 11.6 Å². The van der Waals surface area contributed by atoms with Crippen molar-refractivity contribution in [3.8, 4) is 6.07 Å². The number of nitriles is 1. The van der Waals surface area contributed by atoms with Gasteiger partial charge in [0.25, 0.3) is 0 Å². The molecule has 2 aromatic carbocycles. The third kappa shape index (κ3) is 4.46. The molecule has 1 unspecified atom stereocenters. The van der Waals surface area contributed by atoms with E-state index in [1.165, 1.54) is 12.1 Å². The molecule has 1 heterocycles. The Morgan fingerprint density at radius 3 is 2.63 bits per heavy atom. The number of aromatic nitrogens is 1. The molecule has 0 saturated heterocycles. The second-order valence-corrected chi connectivity index (χ2v) is 7.59. The van der Waals surface area contributed by atoms with Gasteiger partial charge >= 0.3 is 11.8 Å². The number of para-hydroxylation sites is 1. The summed E-state index contributed by atoms with van der Waals surface area (Å²) >= 11 is 5.92. The number of anilines is 1. The van der Waals surface area contributed by atoms with Gasteiger partial charge in [0.15, 0.2) is 0 Å². The van der Waals surface area contributed by atoms with E-state index in [0.29, 0.717) is 5.02 Å². The summed E-state index contributed by atoms with van der Waals surface area (Å²) in [5.74, 6) is -1.64. The largest absolute Gasteiger partial charge is 0.350 e. The molecule has 1 aromatic heterocycles. The first-order valence-electron chi connectivity index (χ1n) is 9.31. The Balaban J connectivity index is 1.74. The number of carbonyl (C=O) groups excluding carboxylic acids is 2. The molecule has 0 fully saturated rings. The summed E-state index contributed by atoms with van der Waals surface area (Å²) in [5.41, 5.74) is 2.57. The van der Waals surface area contributed by atoms with E-state index < -0.39 is 11.8 Å². The molecule has 0 bridgehead atoms. The van der Waals surface area contributed by atoms with Gasteiger partial charge in [-0.3, -0.25) is 9.59 Å². The molecule has 30 heavy (non-hydrogen) atoms. The molecule has 0 radical (unpaired) electrons. The van der Waals surface area contributed by atoms with Crippen molar-refractivity contribution in [2.45, 2.75) is 6.04 Å². The van der Waals surface area contributed by atoms with E-state index in [4.69, 9.17) is 16.9 Å². The molecule has 7 nitrogen and oxygen atoms in total. The highest BCUT2D eigenvalue weighted by atomic mass is 35.5. The average Bonchev–Trinajstić information content (AvgIpc) is 3.04. The minimum atomic E-state index is -0.857. The van der Waals surface area contributed by atoms with Gasteiger partial charge in [0.1, 0.15) is 6.07 Å². The standard InChI is InChI=1S/C22H22ClN5O2/c1-27(2)20(17-13-28(3)19-7-5-4-6-16(17)19)12-25-21(29)22(30)26-18-10-15(23)9-8-14(18)11-24/h4-10,13,20H,12H2,1-3H3,(H,25,29)(H,26,30). The number of carbonyl (C=O) groups is 2. The smallest absolute Gasteiger partial charge is 0.313 e. The summed E-state index contributed by atoms with van der Waals surface area (Å²) in [7, 11) is 5.82. The maximum atomic E-state index is 12.4. The van der Waals surface area contributed by atoms with Gasteiger partial charge in [-0.1, -0.05) is 29.8 Å². The number of halogens is 1. The van der Waals surface area contributed by atoms with Crippen LogP contribution in [0, 0.1) is 11.3 Å². The van der Waals surface area contributed by atoms with E-state index >= 15 is 0 Å². The molecule has 3 rings (SSSR count). The Kier molecular flexibility index (Phi) is 6.40. The molecule has 3 aromatic rings. The van der Waals surface area contributed by atoms with E-state index in [2.05, 4.69) is 10.6 Å². The molecule has 154 valence electrons. The van der Waals surface area contributed by atoms with Gasteiger partial charge in [-0.2, -0.15) is 5.26 Å². The summed E-state index contributed by atoms with van der Waals surface area (Å²) in [4.78, 5) is 26.7. The van der Waals surface area contributed by atoms with E-state index in [-0.39, 0.29) is 23.8 Å². The van der Waals surface area contributed by atoms with Crippen LogP contribution in [0.4, 0.5) is 5.69 Å². The highest BCUT2D eigenvalue weighted by Gasteiger charge is 2.22. The number of hydrogen-bond donors (Lipinski definition) is 2. The van der Waals surface area contributed by atoms with Crippen molar-refractivity contribution in [2.24, 2.45) is 7.05 Å². The molecule has 0 aliphatic heterocycles. The number of nitrogens with zero attached hydrogens (tertiary/aromatic N) is 3. The maximum Gasteiger partial charge on any atom is 0.313 e. The van der Waals surface area contributed by atoms with Gasteiger partial charge in [0, 0.05) is 35.7 Å². The summed E-state index contributed by atoms with van der Waals surface area (Å²) in [5, 5.41) is 15.8. The Hall–Kier alpha value is -3.34. The van der Waals surface area contributed by atoms with Gasteiger partial charge in [-0.25, -0.2) is 0 Å². The van der Waals surface area contributed by atoms with Gasteiger partial charge in [-0.05, 0) is 43.9 Å². The number of nitrogens with one attached hydrogen (secondary N) is 2. The molecule has 2 amide bonds. The summed E-state index contributed by atoms with van der Waals surface area (Å²) in [6.45, 7) is 0.244. The quantitative estimate of drug-likeness (QED) is 0.617. The zero-order valence-corrected chi connectivity index (χ0v) is 17.7. The van der Waals surface area contributed by atoms with Crippen LogP contribution in [0.25, 0.3) is 10.9 Å². The fourth-order valence-corrected chi connectivity index (χ4v) is 3.55. The Bertz CT molecular complexity index is 1150. The predicted molar refractivity (Wildman–Crippen MR) is 117 cm³/mol. The van der Waals surface area contributed by atoms with Crippen molar-refractivity contribution in [2.75, 3.05) is 26.0 Å². The number of likely N-dealkylation sites (N-methyl/N-ethyl adjacent to an activating group) is 1. The van der Waals surface area contributed by atoms with Crippen molar-refractivity contribution < 1.29 is 9.59 Å². The van der Waals surface area contributed by atoms with Crippen LogP contribution in [0.5, 0.6) is 0 Å². The summed E-state index contributed by atoms with van der Waals surface area (Å²) < 4.78 is 2.04. The van der Waals surface area contributed by atoms with Crippen LogP contribution < -0.4 is 10.6 Å². The summed E-state index contributed by atoms with van der Waals surface area (Å²) in [6, 6.07) is 14.3. The SMILES string of the molecule is CN(C)C(CNC(=O)C(=O)Nc1cc(Cl)ccc1C#N)c1cn(C)c2ccccc12. The first-order chi connectivity index (χ1) is 14.3. The molecular weight excluding hydrogens is 402 g/mol. The Morgan fingerprint density at radius 1 is 1.20 bits per heavy atom. The van der Waals surface area contributed by atoms with Crippen LogP contribution in [0.15, 0.2) is 48.7 Å². The highest BCUT2D eigenvalue weighted by molar-refractivity contribution is 6.40. The van der Waals surface area contributed by atoms with Crippen molar-refractivity contribution >= 4 is 40.0 Å². The zero-order chi connectivity index (χ0) is 21.8. The molecule has 0 aliphatic rings.